The molecule has 0 aliphatic heterocycles. The molecule has 3 nitrogen and oxygen atoms in total. The third-order valence-electron chi connectivity index (χ3n) is 8.85. The van der Waals surface area contributed by atoms with Gasteiger partial charge >= 0.3 is 0 Å². The van der Waals surface area contributed by atoms with Gasteiger partial charge in [-0.2, -0.15) is 0 Å². The minimum absolute atomic E-state index is 0.0814. The van der Waals surface area contributed by atoms with Crippen LogP contribution in [0.25, 0.3) is 0 Å². The summed E-state index contributed by atoms with van der Waals surface area (Å²) in [4.78, 5) is 36.2. The van der Waals surface area contributed by atoms with Gasteiger partial charge in [-0.25, -0.2) is 0 Å². The standard InChI is InChI=1S/C21H30O3/c1-13(23)21(12-22)10-8-19-18-5-3-14-11-15(24)4-6-16(14)17(18)7-9-20(19,21)2/h12,14,16-19H,3-11H2,1-2H3/t14-,16-,17+,18+,19-,20-,21-/m0/s1. The molecule has 0 saturated heterocycles. The van der Waals surface area contributed by atoms with E-state index in [9.17, 15) is 14.4 Å². The van der Waals surface area contributed by atoms with Crippen LogP contribution in [0.3, 0.4) is 0 Å². The van der Waals surface area contributed by atoms with E-state index in [1.54, 1.807) is 6.92 Å². The summed E-state index contributed by atoms with van der Waals surface area (Å²) in [5.74, 6) is 3.79. The maximum atomic E-state index is 12.4. The number of carbonyl (C=O) groups excluding carboxylic acids is 3. The Balaban J connectivity index is 1.63. The first kappa shape index (κ1) is 16.5. The van der Waals surface area contributed by atoms with Crippen LogP contribution in [0.1, 0.15) is 71.6 Å². The molecule has 0 bridgehead atoms. The number of rotatable bonds is 2. The average molecular weight is 330 g/mol. The van der Waals surface area contributed by atoms with E-state index in [1.807, 2.05) is 0 Å². The van der Waals surface area contributed by atoms with Crippen LogP contribution in [0.15, 0.2) is 0 Å². The molecule has 0 radical (unpaired) electrons. The van der Waals surface area contributed by atoms with Crippen molar-refractivity contribution >= 4 is 17.9 Å². The van der Waals surface area contributed by atoms with E-state index in [1.165, 1.54) is 12.8 Å². The van der Waals surface area contributed by atoms with Crippen LogP contribution in [-0.4, -0.2) is 17.9 Å². The van der Waals surface area contributed by atoms with Gasteiger partial charge in [-0.3, -0.25) is 9.59 Å². The Morgan fingerprint density at radius 1 is 1.04 bits per heavy atom. The van der Waals surface area contributed by atoms with E-state index in [0.717, 1.165) is 63.1 Å². The molecule has 4 aliphatic carbocycles. The fraction of sp³-hybridized carbons (Fsp3) is 0.857. The summed E-state index contributed by atoms with van der Waals surface area (Å²) in [6.45, 7) is 3.85. The molecule has 4 saturated carbocycles. The molecule has 0 amide bonds. The van der Waals surface area contributed by atoms with Crippen molar-refractivity contribution in [3.05, 3.63) is 0 Å². The van der Waals surface area contributed by atoms with E-state index in [4.69, 9.17) is 0 Å². The van der Waals surface area contributed by atoms with Gasteiger partial charge in [0.25, 0.3) is 0 Å². The van der Waals surface area contributed by atoms with Gasteiger partial charge in [-0.1, -0.05) is 6.92 Å². The molecule has 0 aromatic heterocycles. The molecule has 0 heterocycles. The van der Waals surface area contributed by atoms with Gasteiger partial charge in [0.2, 0.25) is 0 Å². The summed E-state index contributed by atoms with van der Waals surface area (Å²) in [6, 6.07) is 0. The largest absolute Gasteiger partial charge is 0.302 e. The Morgan fingerprint density at radius 2 is 1.83 bits per heavy atom. The van der Waals surface area contributed by atoms with Gasteiger partial charge in [0.05, 0.1) is 5.41 Å². The van der Waals surface area contributed by atoms with Crippen molar-refractivity contribution in [3.63, 3.8) is 0 Å². The number of carbonyl (C=O) groups is 3. The van der Waals surface area contributed by atoms with Crippen LogP contribution in [0.5, 0.6) is 0 Å². The lowest BCUT2D eigenvalue weighted by Gasteiger charge is -2.56. The number of fused-ring (bicyclic) bond motifs is 5. The fourth-order valence-corrected chi connectivity index (χ4v) is 7.59. The van der Waals surface area contributed by atoms with Gasteiger partial charge in [-0.15, -0.1) is 0 Å². The second-order valence-corrected chi connectivity index (χ2v) is 9.36. The van der Waals surface area contributed by atoms with Crippen molar-refractivity contribution in [2.45, 2.75) is 71.6 Å². The highest BCUT2D eigenvalue weighted by Gasteiger charge is 2.64. The highest BCUT2D eigenvalue weighted by Crippen LogP contribution is 2.67. The number of aldehydes is 1. The van der Waals surface area contributed by atoms with Gasteiger partial charge in [-0.05, 0) is 86.9 Å². The van der Waals surface area contributed by atoms with Crippen molar-refractivity contribution in [2.24, 2.45) is 40.4 Å². The lowest BCUT2D eigenvalue weighted by molar-refractivity contribution is -0.149. The molecule has 0 spiro atoms. The molecular formula is C21H30O3. The highest BCUT2D eigenvalue weighted by atomic mass is 16.1. The smallest absolute Gasteiger partial charge is 0.143 e. The zero-order valence-electron chi connectivity index (χ0n) is 15.1. The Morgan fingerprint density at radius 3 is 2.54 bits per heavy atom. The van der Waals surface area contributed by atoms with E-state index < -0.39 is 5.41 Å². The second kappa shape index (κ2) is 5.51. The quantitative estimate of drug-likeness (QED) is 0.568. The van der Waals surface area contributed by atoms with Crippen LogP contribution in [-0.2, 0) is 14.4 Å². The molecule has 4 fully saturated rings. The molecule has 0 unspecified atom stereocenters. The van der Waals surface area contributed by atoms with Crippen LogP contribution in [0.2, 0.25) is 0 Å². The number of hydrogen-bond acceptors (Lipinski definition) is 3. The SMILES string of the molecule is CC(=O)[C@@]1(C=O)CC[C@H]2[C@@H]3CC[C@H]4CC(=O)CC[C@@H]4[C@H]3CC[C@@]21C. The number of ketones is 2. The zero-order chi connectivity index (χ0) is 17.1. The maximum Gasteiger partial charge on any atom is 0.143 e. The summed E-state index contributed by atoms with van der Waals surface area (Å²) in [5.41, 5.74) is -0.874. The fourth-order valence-electron chi connectivity index (χ4n) is 7.59. The zero-order valence-corrected chi connectivity index (χ0v) is 15.1. The van der Waals surface area contributed by atoms with Gasteiger partial charge in [0.15, 0.2) is 0 Å². The molecule has 7 atom stereocenters. The molecular weight excluding hydrogens is 300 g/mol. The van der Waals surface area contributed by atoms with Crippen molar-refractivity contribution in [3.8, 4) is 0 Å². The Labute approximate surface area is 144 Å². The molecule has 3 heteroatoms. The van der Waals surface area contributed by atoms with E-state index >= 15 is 0 Å². The summed E-state index contributed by atoms with van der Waals surface area (Å²) >= 11 is 0. The predicted molar refractivity (Wildman–Crippen MR) is 91.3 cm³/mol. The van der Waals surface area contributed by atoms with E-state index in [2.05, 4.69) is 6.92 Å². The van der Waals surface area contributed by atoms with Crippen molar-refractivity contribution in [1.29, 1.82) is 0 Å². The first-order chi connectivity index (χ1) is 11.4. The van der Waals surface area contributed by atoms with Gasteiger partial charge < -0.3 is 4.79 Å². The minimum Gasteiger partial charge on any atom is -0.302 e. The average Bonchev–Trinajstić information content (AvgIpc) is 2.87. The Kier molecular flexibility index (Phi) is 3.78. The lowest BCUT2D eigenvalue weighted by atomic mass is 9.47. The molecule has 0 N–H and O–H groups in total. The summed E-state index contributed by atoms with van der Waals surface area (Å²) in [5, 5.41) is 0. The summed E-state index contributed by atoms with van der Waals surface area (Å²) in [6.07, 6.45) is 9.99. The molecule has 0 aromatic rings. The third-order valence-corrected chi connectivity index (χ3v) is 8.85. The normalized spacial score (nSPS) is 50.6. The Bertz CT molecular complexity index is 582. The van der Waals surface area contributed by atoms with Crippen molar-refractivity contribution < 1.29 is 14.4 Å². The van der Waals surface area contributed by atoms with Crippen molar-refractivity contribution in [2.75, 3.05) is 0 Å². The van der Waals surface area contributed by atoms with Crippen LogP contribution in [0, 0.1) is 40.4 Å². The van der Waals surface area contributed by atoms with E-state index in [0.29, 0.717) is 23.5 Å². The number of Topliss-reactive ketones (excluding diaryl/α,β-unsaturated/α-hetero) is 2. The topological polar surface area (TPSA) is 51.2 Å². The van der Waals surface area contributed by atoms with Crippen LogP contribution >= 0.6 is 0 Å². The highest BCUT2D eigenvalue weighted by molar-refractivity contribution is 5.98. The molecule has 0 aromatic carbocycles. The third kappa shape index (κ3) is 1.99. The van der Waals surface area contributed by atoms with Gasteiger partial charge in [0, 0.05) is 12.8 Å². The number of hydrogen-bond donors (Lipinski definition) is 0. The first-order valence-electron chi connectivity index (χ1n) is 9.92. The monoisotopic (exact) mass is 330 g/mol. The molecule has 24 heavy (non-hydrogen) atoms. The lowest BCUT2D eigenvalue weighted by Crippen LogP contribution is -2.53. The minimum atomic E-state index is -0.734. The van der Waals surface area contributed by atoms with Crippen LogP contribution in [0.4, 0.5) is 0 Å². The van der Waals surface area contributed by atoms with E-state index in [-0.39, 0.29) is 11.2 Å². The molecule has 4 aliphatic rings. The summed E-state index contributed by atoms with van der Waals surface area (Å²) < 4.78 is 0. The summed E-state index contributed by atoms with van der Waals surface area (Å²) in [7, 11) is 0. The Hall–Kier alpha value is -0.990. The second-order valence-electron chi connectivity index (χ2n) is 9.36. The van der Waals surface area contributed by atoms with Crippen LogP contribution < -0.4 is 0 Å². The molecule has 4 rings (SSSR count). The van der Waals surface area contributed by atoms with Gasteiger partial charge in [0.1, 0.15) is 17.9 Å². The van der Waals surface area contributed by atoms with Crippen molar-refractivity contribution in [1.82, 2.24) is 0 Å². The first-order valence-corrected chi connectivity index (χ1v) is 9.92. The predicted octanol–water partition coefficient (Wildman–Crippen LogP) is 3.98. The maximum absolute atomic E-state index is 12.4. The molecule has 132 valence electrons.